The van der Waals surface area contributed by atoms with Crippen LogP contribution in [0, 0.1) is 0 Å². The zero-order valence-electron chi connectivity index (χ0n) is 8.70. The van der Waals surface area contributed by atoms with E-state index in [0.29, 0.717) is 13.1 Å². The maximum absolute atomic E-state index is 11.5. The quantitative estimate of drug-likeness (QED) is 0.749. The van der Waals surface area contributed by atoms with Crippen molar-refractivity contribution >= 4 is 10.0 Å². The Kier molecular flexibility index (Phi) is 2.79. The molecule has 1 aromatic rings. The van der Waals surface area contributed by atoms with Crippen molar-refractivity contribution in [2.45, 2.75) is 25.4 Å². The molecule has 0 spiro atoms. The first-order chi connectivity index (χ1) is 7.07. The highest BCUT2D eigenvalue weighted by Crippen LogP contribution is 2.21. The molecule has 0 bridgehead atoms. The lowest BCUT2D eigenvalue weighted by molar-refractivity contribution is 0.343. The van der Waals surface area contributed by atoms with Crippen LogP contribution in [0.15, 0.2) is 18.5 Å². The summed E-state index contributed by atoms with van der Waals surface area (Å²) in [5, 5.41) is 4.09. The Balaban J connectivity index is 2.09. The first-order valence-electron chi connectivity index (χ1n) is 5.01. The van der Waals surface area contributed by atoms with Crippen molar-refractivity contribution in [2.75, 3.05) is 12.8 Å². The SMILES string of the molecule is CS(=O)(=O)N1CCC[C@H]1Cn1cccn1. The van der Waals surface area contributed by atoms with Gasteiger partial charge in [0.1, 0.15) is 0 Å². The molecule has 6 heteroatoms. The second-order valence-electron chi connectivity index (χ2n) is 3.90. The highest BCUT2D eigenvalue weighted by atomic mass is 32.2. The maximum atomic E-state index is 11.5. The van der Waals surface area contributed by atoms with E-state index in [2.05, 4.69) is 5.10 Å². The van der Waals surface area contributed by atoms with E-state index in [1.807, 2.05) is 12.3 Å². The van der Waals surface area contributed by atoms with Crippen LogP contribution >= 0.6 is 0 Å². The largest absolute Gasteiger partial charge is 0.271 e. The van der Waals surface area contributed by atoms with Crippen molar-refractivity contribution < 1.29 is 8.42 Å². The van der Waals surface area contributed by atoms with Crippen LogP contribution in [-0.4, -0.2) is 41.3 Å². The Bertz CT molecular complexity index is 413. The van der Waals surface area contributed by atoms with Crippen molar-refractivity contribution in [3.8, 4) is 0 Å². The molecule has 5 nitrogen and oxygen atoms in total. The van der Waals surface area contributed by atoms with Crippen molar-refractivity contribution in [1.29, 1.82) is 0 Å². The van der Waals surface area contributed by atoms with Crippen LogP contribution < -0.4 is 0 Å². The van der Waals surface area contributed by atoms with Crippen LogP contribution in [0.3, 0.4) is 0 Å². The zero-order chi connectivity index (χ0) is 10.9. The molecule has 0 aliphatic carbocycles. The Hall–Kier alpha value is -0.880. The fraction of sp³-hybridized carbons (Fsp3) is 0.667. The van der Waals surface area contributed by atoms with Gasteiger partial charge in [-0.3, -0.25) is 4.68 Å². The van der Waals surface area contributed by atoms with Crippen molar-refractivity contribution in [3.05, 3.63) is 18.5 Å². The average Bonchev–Trinajstić information content (AvgIpc) is 2.73. The van der Waals surface area contributed by atoms with Crippen molar-refractivity contribution in [3.63, 3.8) is 0 Å². The minimum atomic E-state index is -3.06. The monoisotopic (exact) mass is 229 g/mol. The summed E-state index contributed by atoms with van der Waals surface area (Å²) in [6.45, 7) is 1.30. The highest BCUT2D eigenvalue weighted by Gasteiger charge is 2.31. The van der Waals surface area contributed by atoms with E-state index < -0.39 is 10.0 Å². The van der Waals surface area contributed by atoms with Crippen LogP contribution in [0.4, 0.5) is 0 Å². The van der Waals surface area contributed by atoms with Gasteiger partial charge in [-0.05, 0) is 18.9 Å². The molecule has 0 unspecified atom stereocenters. The molecule has 0 radical (unpaired) electrons. The lowest BCUT2D eigenvalue weighted by atomic mass is 10.2. The molecule has 84 valence electrons. The van der Waals surface area contributed by atoms with Gasteiger partial charge in [0.15, 0.2) is 0 Å². The molecule has 1 aromatic heterocycles. The van der Waals surface area contributed by atoms with Crippen LogP contribution in [0.1, 0.15) is 12.8 Å². The van der Waals surface area contributed by atoms with Crippen molar-refractivity contribution in [2.24, 2.45) is 0 Å². The fourth-order valence-electron chi connectivity index (χ4n) is 2.05. The molecule has 0 N–H and O–H groups in total. The van der Waals surface area contributed by atoms with Crippen LogP contribution in [0.2, 0.25) is 0 Å². The minimum Gasteiger partial charge on any atom is -0.271 e. The Labute approximate surface area is 89.7 Å². The normalized spacial score (nSPS) is 23.4. The first kappa shape index (κ1) is 10.6. The van der Waals surface area contributed by atoms with Gasteiger partial charge < -0.3 is 0 Å². The number of hydrogen-bond donors (Lipinski definition) is 0. The summed E-state index contributed by atoms with van der Waals surface area (Å²) in [4.78, 5) is 0. The van der Waals surface area contributed by atoms with Gasteiger partial charge in [-0.2, -0.15) is 9.40 Å². The zero-order valence-corrected chi connectivity index (χ0v) is 9.52. The van der Waals surface area contributed by atoms with Crippen LogP contribution in [0.5, 0.6) is 0 Å². The molecular formula is C9H15N3O2S. The summed E-state index contributed by atoms with van der Waals surface area (Å²) in [6.07, 6.45) is 6.71. The third kappa shape index (κ3) is 2.38. The van der Waals surface area contributed by atoms with Gasteiger partial charge in [-0.25, -0.2) is 8.42 Å². The topological polar surface area (TPSA) is 55.2 Å². The van der Waals surface area contributed by atoms with E-state index in [1.165, 1.54) is 6.26 Å². The number of hydrogen-bond acceptors (Lipinski definition) is 3. The smallest absolute Gasteiger partial charge is 0.211 e. The van der Waals surface area contributed by atoms with Gasteiger partial charge >= 0.3 is 0 Å². The fourth-order valence-corrected chi connectivity index (χ4v) is 3.23. The predicted octanol–water partition coefficient (Wildman–Crippen LogP) is 0.307. The predicted molar refractivity (Wildman–Crippen MR) is 56.8 cm³/mol. The van der Waals surface area contributed by atoms with Gasteiger partial charge in [0, 0.05) is 25.0 Å². The molecule has 1 aliphatic rings. The second kappa shape index (κ2) is 3.94. The van der Waals surface area contributed by atoms with Gasteiger partial charge in [-0.1, -0.05) is 0 Å². The molecule has 1 atom stereocenters. The summed E-state index contributed by atoms with van der Waals surface area (Å²) in [6, 6.07) is 1.92. The van der Waals surface area contributed by atoms with E-state index in [1.54, 1.807) is 15.2 Å². The van der Waals surface area contributed by atoms with Crippen molar-refractivity contribution in [1.82, 2.24) is 14.1 Å². The molecule has 0 saturated carbocycles. The summed E-state index contributed by atoms with van der Waals surface area (Å²) in [5.41, 5.74) is 0. The Morgan fingerprint density at radius 3 is 2.93 bits per heavy atom. The van der Waals surface area contributed by atoms with Gasteiger partial charge in [0.2, 0.25) is 10.0 Å². The van der Waals surface area contributed by atoms with E-state index in [-0.39, 0.29) is 6.04 Å². The second-order valence-corrected chi connectivity index (χ2v) is 5.83. The Morgan fingerprint density at radius 1 is 1.53 bits per heavy atom. The molecule has 2 rings (SSSR count). The Morgan fingerprint density at radius 2 is 2.33 bits per heavy atom. The summed E-state index contributed by atoms with van der Waals surface area (Å²) in [5.74, 6) is 0. The maximum Gasteiger partial charge on any atom is 0.211 e. The molecule has 0 amide bonds. The third-order valence-corrected chi connectivity index (χ3v) is 4.04. The lowest BCUT2D eigenvalue weighted by Gasteiger charge is -2.21. The number of sulfonamides is 1. The first-order valence-corrected chi connectivity index (χ1v) is 6.86. The summed E-state index contributed by atoms with van der Waals surface area (Å²) < 4.78 is 26.3. The lowest BCUT2D eigenvalue weighted by Crippen LogP contribution is -2.37. The molecule has 1 saturated heterocycles. The standard InChI is InChI=1S/C9H15N3O2S/c1-15(13,14)12-7-2-4-9(12)8-11-6-3-5-10-11/h3,5-6,9H,2,4,7-8H2,1H3/t9-/m0/s1. The molecule has 0 aromatic carbocycles. The number of aromatic nitrogens is 2. The summed E-state index contributed by atoms with van der Waals surface area (Å²) >= 11 is 0. The minimum absolute atomic E-state index is 0.0694. The molecule has 2 heterocycles. The van der Waals surface area contributed by atoms with Crippen LogP contribution in [-0.2, 0) is 16.6 Å². The molecular weight excluding hydrogens is 214 g/mol. The van der Waals surface area contributed by atoms with Crippen LogP contribution in [0.25, 0.3) is 0 Å². The molecule has 1 aliphatic heterocycles. The molecule has 1 fully saturated rings. The summed E-state index contributed by atoms with van der Waals surface area (Å²) in [7, 11) is -3.06. The third-order valence-electron chi connectivity index (χ3n) is 2.71. The highest BCUT2D eigenvalue weighted by molar-refractivity contribution is 7.88. The van der Waals surface area contributed by atoms with E-state index in [4.69, 9.17) is 0 Å². The van der Waals surface area contributed by atoms with E-state index >= 15 is 0 Å². The van der Waals surface area contributed by atoms with Gasteiger partial charge in [0.05, 0.1) is 12.8 Å². The number of nitrogens with zero attached hydrogens (tertiary/aromatic N) is 3. The molecule has 15 heavy (non-hydrogen) atoms. The average molecular weight is 229 g/mol. The van der Waals surface area contributed by atoms with E-state index in [0.717, 1.165) is 12.8 Å². The van der Waals surface area contributed by atoms with Gasteiger partial charge in [0.25, 0.3) is 0 Å². The van der Waals surface area contributed by atoms with E-state index in [9.17, 15) is 8.42 Å². The number of rotatable bonds is 3. The van der Waals surface area contributed by atoms with Gasteiger partial charge in [-0.15, -0.1) is 0 Å².